The van der Waals surface area contributed by atoms with Gasteiger partial charge in [-0.15, -0.1) is 0 Å². The largest absolute Gasteiger partial charge is 0.351 e. The monoisotopic (exact) mass is 300 g/mol. The van der Waals surface area contributed by atoms with E-state index in [4.69, 9.17) is 0 Å². The molecule has 1 amide bonds. The summed E-state index contributed by atoms with van der Waals surface area (Å²) in [5.41, 5.74) is 1.67. The van der Waals surface area contributed by atoms with Crippen LogP contribution in [0.5, 0.6) is 0 Å². The number of likely N-dealkylation sites (N-methyl/N-ethyl adjacent to an activating group) is 1. The number of carbonyl (C=O) groups excluding carboxylic acids is 1. The third-order valence-corrected chi connectivity index (χ3v) is 3.50. The van der Waals surface area contributed by atoms with Gasteiger partial charge < -0.3 is 5.32 Å². The molecule has 2 aromatic rings. The minimum Gasteiger partial charge on any atom is -0.351 e. The highest BCUT2D eigenvalue weighted by Gasteiger charge is 2.10. The first-order valence-corrected chi connectivity index (χ1v) is 7.45. The summed E-state index contributed by atoms with van der Waals surface area (Å²) in [6, 6.07) is 16.5. The highest BCUT2D eigenvalue weighted by molar-refractivity contribution is 5.78. The van der Waals surface area contributed by atoms with Crippen molar-refractivity contribution >= 4 is 5.91 Å². The minimum atomic E-state index is -0.292. The van der Waals surface area contributed by atoms with Crippen molar-refractivity contribution in [3.8, 4) is 0 Å². The van der Waals surface area contributed by atoms with Crippen LogP contribution in [-0.2, 0) is 17.9 Å². The van der Waals surface area contributed by atoms with Crippen LogP contribution in [0.2, 0.25) is 0 Å². The number of amides is 1. The smallest absolute Gasteiger partial charge is 0.234 e. The van der Waals surface area contributed by atoms with Crippen molar-refractivity contribution < 1.29 is 9.18 Å². The molecule has 0 unspecified atom stereocenters. The van der Waals surface area contributed by atoms with Crippen molar-refractivity contribution in [1.82, 2.24) is 10.2 Å². The number of carbonyl (C=O) groups is 1. The van der Waals surface area contributed by atoms with Crippen LogP contribution < -0.4 is 5.32 Å². The lowest BCUT2D eigenvalue weighted by atomic mass is 10.2. The third-order valence-electron chi connectivity index (χ3n) is 3.50. The molecular formula is C18H21FN2O. The molecular weight excluding hydrogens is 279 g/mol. The predicted octanol–water partition coefficient (Wildman–Crippen LogP) is 2.96. The molecule has 2 aromatic carbocycles. The number of rotatable bonds is 7. The lowest BCUT2D eigenvalue weighted by Crippen LogP contribution is -2.36. The van der Waals surface area contributed by atoms with E-state index in [1.54, 1.807) is 18.2 Å². The van der Waals surface area contributed by atoms with E-state index in [0.29, 0.717) is 12.1 Å². The van der Waals surface area contributed by atoms with Gasteiger partial charge in [0.05, 0.1) is 6.54 Å². The fraction of sp³-hybridized carbons (Fsp3) is 0.278. The van der Waals surface area contributed by atoms with Crippen LogP contribution in [0.15, 0.2) is 54.6 Å². The quantitative estimate of drug-likeness (QED) is 0.852. The van der Waals surface area contributed by atoms with Gasteiger partial charge in [0.25, 0.3) is 0 Å². The molecule has 0 saturated carbocycles. The van der Waals surface area contributed by atoms with E-state index in [2.05, 4.69) is 5.32 Å². The van der Waals surface area contributed by atoms with Gasteiger partial charge in [-0.2, -0.15) is 0 Å². The summed E-state index contributed by atoms with van der Waals surface area (Å²) in [4.78, 5) is 14.1. The van der Waals surface area contributed by atoms with Gasteiger partial charge in [0.2, 0.25) is 5.91 Å². The molecule has 0 aliphatic carbocycles. The number of hydrogen-bond acceptors (Lipinski definition) is 2. The molecule has 0 heterocycles. The highest BCUT2D eigenvalue weighted by Crippen LogP contribution is 2.06. The number of hydrogen-bond donors (Lipinski definition) is 1. The fourth-order valence-electron chi connectivity index (χ4n) is 2.22. The second-order valence-electron chi connectivity index (χ2n) is 5.16. The Morgan fingerprint density at radius 1 is 1.09 bits per heavy atom. The molecule has 0 spiro atoms. The Bertz CT molecular complexity index is 601. The van der Waals surface area contributed by atoms with Gasteiger partial charge in [-0.3, -0.25) is 9.69 Å². The molecule has 0 fully saturated rings. The Balaban J connectivity index is 1.83. The first-order valence-electron chi connectivity index (χ1n) is 7.45. The summed E-state index contributed by atoms with van der Waals surface area (Å²) in [6.45, 7) is 4.05. The number of halogens is 1. The minimum absolute atomic E-state index is 0.0963. The third kappa shape index (κ3) is 4.97. The van der Waals surface area contributed by atoms with Gasteiger partial charge in [0.15, 0.2) is 0 Å². The van der Waals surface area contributed by atoms with Crippen LogP contribution in [0.1, 0.15) is 18.1 Å². The molecule has 116 valence electrons. The van der Waals surface area contributed by atoms with Crippen molar-refractivity contribution in [2.24, 2.45) is 0 Å². The van der Waals surface area contributed by atoms with Crippen molar-refractivity contribution in [2.75, 3.05) is 13.1 Å². The number of benzene rings is 2. The first-order chi connectivity index (χ1) is 10.7. The van der Waals surface area contributed by atoms with E-state index in [0.717, 1.165) is 13.1 Å². The molecule has 0 bridgehead atoms. The van der Waals surface area contributed by atoms with Crippen LogP contribution in [0.25, 0.3) is 0 Å². The van der Waals surface area contributed by atoms with E-state index in [9.17, 15) is 9.18 Å². The molecule has 0 saturated heterocycles. The van der Waals surface area contributed by atoms with E-state index in [-0.39, 0.29) is 18.3 Å². The zero-order chi connectivity index (χ0) is 15.8. The Morgan fingerprint density at radius 3 is 2.45 bits per heavy atom. The summed E-state index contributed by atoms with van der Waals surface area (Å²) in [6.07, 6.45) is 0. The van der Waals surface area contributed by atoms with Crippen LogP contribution in [0, 0.1) is 5.82 Å². The van der Waals surface area contributed by atoms with Crippen molar-refractivity contribution in [1.29, 1.82) is 0 Å². The summed E-state index contributed by atoms with van der Waals surface area (Å²) in [5.74, 6) is -0.388. The van der Waals surface area contributed by atoms with Crippen molar-refractivity contribution in [2.45, 2.75) is 20.0 Å². The molecule has 22 heavy (non-hydrogen) atoms. The molecule has 0 radical (unpaired) electrons. The van der Waals surface area contributed by atoms with Gasteiger partial charge in [-0.1, -0.05) is 55.5 Å². The number of nitrogens with zero attached hydrogens (tertiary/aromatic N) is 1. The summed E-state index contributed by atoms with van der Waals surface area (Å²) >= 11 is 0. The molecule has 0 atom stereocenters. The zero-order valence-electron chi connectivity index (χ0n) is 12.8. The Labute approximate surface area is 130 Å². The maximum absolute atomic E-state index is 13.5. The number of nitrogens with one attached hydrogen (secondary N) is 1. The molecule has 0 aliphatic rings. The summed E-state index contributed by atoms with van der Waals surface area (Å²) in [5, 5.41) is 2.77. The zero-order valence-corrected chi connectivity index (χ0v) is 12.8. The predicted molar refractivity (Wildman–Crippen MR) is 85.6 cm³/mol. The standard InChI is InChI=1S/C18H21FN2O/c1-2-21(13-15-8-4-3-5-9-15)14-18(22)20-12-16-10-6-7-11-17(16)19/h3-11H,2,12-14H2,1H3,(H,20,22). The van der Waals surface area contributed by atoms with Gasteiger partial charge in [-0.25, -0.2) is 4.39 Å². The maximum Gasteiger partial charge on any atom is 0.234 e. The van der Waals surface area contributed by atoms with E-state index >= 15 is 0 Å². The van der Waals surface area contributed by atoms with E-state index < -0.39 is 0 Å². The van der Waals surface area contributed by atoms with Gasteiger partial charge in [0, 0.05) is 18.7 Å². The molecule has 1 N–H and O–H groups in total. The molecule has 0 aliphatic heterocycles. The lowest BCUT2D eigenvalue weighted by Gasteiger charge is -2.20. The second kappa shape index (κ2) is 8.29. The topological polar surface area (TPSA) is 32.3 Å². The van der Waals surface area contributed by atoms with Crippen LogP contribution in [-0.4, -0.2) is 23.9 Å². The summed E-state index contributed by atoms with van der Waals surface area (Å²) in [7, 11) is 0. The van der Waals surface area contributed by atoms with Gasteiger partial charge in [-0.05, 0) is 18.2 Å². The fourth-order valence-corrected chi connectivity index (χ4v) is 2.22. The van der Waals surface area contributed by atoms with Crippen LogP contribution in [0.3, 0.4) is 0 Å². The molecule has 4 heteroatoms. The highest BCUT2D eigenvalue weighted by atomic mass is 19.1. The lowest BCUT2D eigenvalue weighted by molar-refractivity contribution is -0.122. The average molecular weight is 300 g/mol. The maximum atomic E-state index is 13.5. The van der Waals surface area contributed by atoms with Crippen LogP contribution >= 0.6 is 0 Å². The van der Waals surface area contributed by atoms with Gasteiger partial charge >= 0.3 is 0 Å². The Kier molecular flexibility index (Phi) is 6.10. The van der Waals surface area contributed by atoms with Crippen molar-refractivity contribution in [3.63, 3.8) is 0 Å². The Hall–Kier alpha value is -2.20. The van der Waals surface area contributed by atoms with E-state index in [1.807, 2.05) is 42.2 Å². The average Bonchev–Trinajstić information content (AvgIpc) is 2.54. The Morgan fingerprint density at radius 2 is 1.77 bits per heavy atom. The van der Waals surface area contributed by atoms with Crippen molar-refractivity contribution in [3.05, 3.63) is 71.5 Å². The van der Waals surface area contributed by atoms with Crippen LogP contribution in [0.4, 0.5) is 4.39 Å². The SMILES string of the molecule is CCN(CC(=O)NCc1ccccc1F)Cc1ccccc1. The second-order valence-corrected chi connectivity index (χ2v) is 5.16. The molecule has 2 rings (SSSR count). The first kappa shape index (κ1) is 16.2. The summed E-state index contributed by atoms with van der Waals surface area (Å²) < 4.78 is 13.5. The van der Waals surface area contributed by atoms with Gasteiger partial charge in [0.1, 0.15) is 5.82 Å². The normalized spacial score (nSPS) is 10.7. The molecule has 0 aromatic heterocycles. The van der Waals surface area contributed by atoms with E-state index in [1.165, 1.54) is 11.6 Å². The molecule has 3 nitrogen and oxygen atoms in total.